The third-order valence-electron chi connectivity index (χ3n) is 2.65. The molecule has 80 valence electrons. The van der Waals surface area contributed by atoms with E-state index in [0.717, 1.165) is 24.1 Å². The number of carbonyl (C=O) groups excluding carboxylic acids is 1. The van der Waals surface area contributed by atoms with Gasteiger partial charge in [0.1, 0.15) is 0 Å². The van der Waals surface area contributed by atoms with Crippen LogP contribution in [0, 0.1) is 5.92 Å². The quantitative estimate of drug-likeness (QED) is 0.900. The van der Waals surface area contributed by atoms with Crippen LogP contribution in [0.15, 0.2) is 28.7 Å². The molecule has 1 heterocycles. The van der Waals surface area contributed by atoms with E-state index in [-0.39, 0.29) is 11.8 Å². The summed E-state index contributed by atoms with van der Waals surface area (Å²) in [5.41, 5.74) is 6.46. The number of benzene rings is 1. The second-order valence-electron chi connectivity index (χ2n) is 3.92. The zero-order valence-corrected chi connectivity index (χ0v) is 9.90. The molecule has 0 aromatic heterocycles. The Labute approximate surface area is 97.4 Å². The number of halogens is 1. The van der Waals surface area contributed by atoms with E-state index in [1.165, 1.54) is 5.56 Å². The van der Waals surface area contributed by atoms with E-state index in [1.54, 1.807) is 0 Å². The Hall–Kier alpha value is -0.870. The van der Waals surface area contributed by atoms with Crippen LogP contribution >= 0.6 is 15.9 Å². The first-order valence-corrected chi connectivity index (χ1v) is 5.70. The molecule has 4 heteroatoms. The second-order valence-corrected chi connectivity index (χ2v) is 4.84. The number of likely N-dealkylation sites (tertiary alicyclic amines) is 1. The van der Waals surface area contributed by atoms with Gasteiger partial charge in [-0.3, -0.25) is 9.69 Å². The van der Waals surface area contributed by atoms with Crippen molar-refractivity contribution in [2.45, 2.75) is 6.54 Å². The van der Waals surface area contributed by atoms with Crippen molar-refractivity contribution in [3.63, 3.8) is 0 Å². The normalized spacial score (nSPS) is 17.4. The SMILES string of the molecule is NC(=O)C1CN(Cc2cccc(Br)c2)C1. The van der Waals surface area contributed by atoms with Gasteiger partial charge in [-0.05, 0) is 17.7 Å². The summed E-state index contributed by atoms with van der Waals surface area (Å²) >= 11 is 3.43. The number of hydrogen-bond acceptors (Lipinski definition) is 2. The van der Waals surface area contributed by atoms with Gasteiger partial charge in [-0.2, -0.15) is 0 Å². The lowest BCUT2D eigenvalue weighted by Gasteiger charge is -2.37. The average molecular weight is 269 g/mol. The molecule has 3 nitrogen and oxygen atoms in total. The summed E-state index contributed by atoms with van der Waals surface area (Å²) in [6.07, 6.45) is 0. The van der Waals surface area contributed by atoms with Crippen molar-refractivity contribution < 1.29 is 4.79 Å². The van der Waals surface area contributed by atoms with E-state index in [0.29, 0.717) is 0 Å². The fourth-order valence-corrected chi connectivity index (χ4v) is 2.22. The lowest BCUT2D eigenvalue weighted by Crippen LogP contribution is -2.51. The number of amides is 1. The van der Waals surface area contributed by atoms with Crippen molar-refractivity contribution in [2.75, 3.05) is 13.1 Å². The van der Waals surface area contributed by atoms with Gasteiger partial charge in [0.2, 0.25) is 5.91 Å². The Kier molecular flexibility index (Phi) is 3.07. The van der Waals surface area contributed by atoms with Crippen molar-refractivity contribution in [3.05, 3.63) is 34.3 Å². The van der Waals surface area contributed by atoms with Gasteiger partial charge in [0.15, 0.2) is 0 Å². The first-order chi connectivity index (χ1) is 7.15. The Morgan fingerprint density at radius 2 is 2.27 bits per heavy atom. The smallest absolute Gasteiger partial charge is 0.223 e. The zero-order chi connectivity index (χ0) is 10.8. The Morgan fingerprint density at radius 1 is 1.53 bits per heavy atom. The van der Waals surface area contributed by atoms with Gasteiger partial charge in [-0.1, -0.05) is 28.1 Å². The molecule has 1 aliphatic rings. The maximum atomic E-state index is 10.8. The number of nitrogens with zero attached hydrogens (tertiary/aromatic N) is 1. The van der Waals surface area contributed by atoms with Crippen LogP contribution in [0.4, 0.5) is 0 Å². The van der Waals surface area contributed by atoms with Crippen molar-refractivity contribution in [2.24, 2.45) is 11.7 Å². The van der Waals surface area contributed by atoms with Crippen LogP contribution in [-0.4, -0.2) is 23.9 Å². The third-order valence-corrected chi connectivity index (χ3v) is 3.15. The minimum atomic E-state index is -0.180. The van der Waals surface area contributed by atoms with Crippen molar-refractivity contribution >= 4 is 21.8 Å². The number of carbonyl (C=O) groups is 1. The van der Waals surface area contributed by atoms with Crippen molar-refractivity contribution in [1.82, 2.24) is 4.90 Å². The predicted molar refractivity (Wildman–Crippen MR) is 62.1 cm³/mol. The number of nitrogens with two attached hydrogens (primary N) is 1. The minimum absolute atomic E-state index is 0.0529. The van der Waals surface area contributed by atoms with Gasteiger partial charge in [0.05, 0.1) is 5.92 Å². The molecule has 0 atom stereocenters. The number of primary amides is 1. The monoisotopic (exact) mass is 268 g/mol. The van der Waals surface area contributed by atoms with Crippen LogP contribution in [0.1, 0.15) is 5.56 Å². The van der Waals surface area contributed by atoms with Gasteiger partial charge >= 0.3 is 0 Å². The molecule has 0 aliphatic carbocycles. The lowest BCUT2D eigenvalue weighted by atomic mass is 9.99. The number of rotatable bonds is 3. The molecule has 1 fully saturated rings. The maximum Gasteiger partial charge on any atom is 0.223 e. The fraction of sp³-hybridized carbons (Fsp3) is 0.364. The van der Waals surface area contributed by atoms with Gasteiger partial charge in [-0.25, -0.2) is 0 Å². The molecule has 1 amide bonds. The van der Waals surface area contributed by atoms with Crippen molar-refractivity contribution in [1.29, 1.82) is 0 Å². The standard InChI is InChI=1S/C11H13BrN2O/c12-10-3-1-2-8(4-10)5-14-6-9(7-14)11(13)15/h1-4,9H,5-7H2,(H2,13,15). The summed E-state index contributed by atoms with van der Waals surface area (Å²) < 4.78 is 1.09. The summed E-state index contributed by atoms with van der Waals surface area (Å²) in [7, 11) is 0. The highest BCUT2D eigenvalue weighted by atomic mass is 79.9. The minimum Gasteiger partial charge on any atom is -0.369 e. The molecular formula is C11H13BrN2O. The second kappa shape index (κ2) is 4.33. The van der Waals surface area contributed by atoms with E-state index >= 15 is 0 Å². The van der Waals surface area contributed by atoms with E-state index < -0.39 is 0 Å². The molecule has 1 aliphatic heterocycles. The molecule has 1 saturated heterocycles. The van der Waals surface area contributed by atoms with Crippen LogP contribution in [0.5, 0.6) is 0 Å². The molecule has 2 N–H and O–H groups in total. The lowest BCUT2D eigenvalue weighted by molar-refractivity contribution is -0.127. The molecule has 1 aromatic rings. The molecule has 0 radical (unpaired) electrons. The zero-order valence-electron chi connectivity index (χ0n) is 8.32. The van der Waals surface area contributed by atoms with E-state index in [2.05, 4.69) is 33.0 Å². The molecule has 1 aromatic carbocycles. The summed E-state index contributed by atoms with van der Waals surface area (Å²) in [5.74, 6) is -0.127. The molecule has 2 rings (SSSR count). The van der Waals surface area contributed by atoms with Crippen molar-refractivity contribution in [3.8, 4) is 0 Å². The molecular weight excluding hydrogens is 256 g/mol. The van der Waals surface area contributed by atoms with E-state index in [1.807, 2.05) is 12.1 Å². The average Bonchev–Trinajstić information content (AvgIpc) is 2.10. The molecule has 0 bridgehead atoms. The van der Waals surface area contributed by atoms with E-state index in [9.17, 15) is 4.79 Å². The molecule has 0 saturated carbocycles. The van der Waals surface area contributed by atoms with Crippen LogP contribution in [0.2, 0.25) is 0 Å². The highest BCUT2D eigenvalue weighted by molar-refractivity contribution is 9.10. The largest absolute Gasteiger partial charge is 0.369 e. The molecule has 0 spiro atoms. The van der Waals surface area contributed by atoms with E-state index in [4.69, 9.17) is 5.73 Å². The summed E-state index contributed by atoms with van der Waals surface area (Å²) in [6, 6.07) is 8.20. The van der Waals surface area contributed by atoms with Crippen LogP contribution in [0.3, 0.4) is 0 Å². The van der Waals surface area contributed by atoms with Crippen LogP contribution in [-0.2, 0) is 11.3 Å². The third kappa shape index (κ3) is 2.58. The Balaban J connectivity index is 1.87. The summed E-state index contributed by atoms with van der Waals surface area (Å²) in [5, 5.41) is 0. The molecule has 0 unspecified atom stereocenters. The predicted octanol–water partition coefficient (Wildman–Crippen LogP) is 1.37. The summed E-state index contributed by atoms with van der Waals surface area (Å²) in [4.78, 5) is 13.0. The van der Waals surface area contributed by atoms with Gasteiger partial charge in [0, 0.05) is 24.1 Å². The highest BCUT2D eigenvalue weighted by Crippen LogP contribution is 2.19. The fourth-order valence-electron chi connectivity index (χ4n) is 1.77. The van der Waals surface area contributed by atoms with Gasteiger partial charge in [0.25, 0.3) is 0 Å². The highest BCUT2D eigenvalue weighted by Gasteiger charge is 2.30. The molecule has 15 heavy (non-hydrogen) atoms. The maximum absolute atomic E-state index is 10.8. The Morgan fingerprint density at radius 3 is 2.87 bits per heavy atom. The topological polar surface area (TPSA) is 46.3 Å². The van der Waals surface area contributed by atoms with Crippen LogP contribution < -0.4 is 5.73 Å². The van der Waals surface area contributed by atoms with Crippen LogP contribution in [0.25, 0.3) is 0 Å². The first kappa shape index (κ1) is 10.6. The summed E-state index contributed by atoms with van der Waals surface area (Å²) in [6.45, 7) is 2.48. The Bertz CT molecular complexity index is 375. The van der Waals surface area contributed by atoms with Gasteiger partial charge < -0.3 is 5.73 Å². The first-order valence-electron chi connectivity index (χ1n) is 4.91. The number of hydrogen-bond donors (Lipinski definition) is 1. The van der Waals surface area contributed by atoms with Gasteiger partial charge in [-0.15, -0.1) is 0 Å².